The topological polar surface area (TPSA) is 87.2 Å². The molecule has 1 heterocycles. The van der Waals surface area contributed by atoms with Crippen LogP contribution in [0.5, 0.6) is 0 Å². The lowest BCUT2D eigenvalue weighted by molar-refractivity contribution is -0.133. The van der Waals surface area contributed by atoms with Gasteiger partial charge in [-0.15, -0.1) is 0 Å². The average Bonchev–Trinajstić information content (AvgIpc) is 3.29. The molecule has 1 fully saturated rings. The number of hydrogen-bond acceptors (Lipinski definition) is 5. The van der Waals surface area contributed by atoms with Gasteiger partial charge in [0.25, 0.3) is 0 Å². The van der Waals surface area contributed by atoms with E-state index in [2.05, 4.69) is 17.1 Å². The Labute approximate surface area is 207 Å². The normalized spacial score (nSPS) is 21.3. The van der Waals surface area contributed by atoms with E-state index in [1.165, 1.54) is 0 Å². The number of rotatable bonds is 9. The van der Waals surface area contributed by atoms with Gasteiger partial charge >= 0.3 is 10.4 Å². The molecule has 7 nitrogen and oxygen atoms in total. The van der Waals surface area contributed by atoms with Crippen molar-refractivity contribution in [2.45, 2.75) is 30.9 Å². The molecule has 0 aromatic heterocycles. The minimum atomic E-state index is -4.49. The van der Waals surface area contributed by atoms with Gasteiger partial charge in [0.2, 0.25) is 5.91 Å². The minimum Gasteiger partial charge on any atom is -0.340 e. The van der Waals surface area contributed by atoms with Gasteiger partial charge < -0.3 is 4.90 Å². The molecule has 186 valence electrons. The van der Waals surface area contributed by atoms with E-state index in [1.54, 1.807) is 0 Å². The van der Waals surface area contributed by atoms with Crippen LogP contribution in [0.1, 0.15) is 29.9 Å². The molecule has 1 unspecified atom stereocenters. The predicted molar refractivity (Wildman–Crippen MR) is 135 cm³/mol. The summed E-state index contributed by atoms with van der Waals surface area (Å²) < 4.78 is 36.1. The first kappa shape index (κ1) is 25.3. The molecule has 2 aromatic rings. The summed E-state index contributed by atoms with van der Waals surface area (Å²) in [5, 5.41) is 0. The molecule has 2 aliphatic rings. The molecule has 1 aliphatic heterocycles. The maximum absolute atomic E-state index is 14.1. The van der Waals surface area contributed by atoms with Gasteiger partial charge in [0.1, 0.15) is 0 Å². The van der Waals surface area contributed by atoms with Crippen molar-refractivity contribution in [1.82, 2.24) is 9.80 Å². The summed E-state index contributed by atoms with van der Waals surface area (Å²) in [7, 11) is -2.63. The van der Waals surface area contributed by atoms with E-state index in [9.17, 15) is 13.2 Å². The van der Waals surface area contributed by atoms with E-state index in [0.29, 0.717) is 26.1 Å². The monoisotopic (exact) mass is 496 g/mol. The van der Waals surface area contributed by atoms with Gasteiger partial charge in [-0.25, -0.2) is 4.18 Å². The quantitative estimate of drug-likeness (QED) is 0.533. The van der Waals surface area contributed by atoms with Crippen molar-refractivity contribution in [2.75, 3.05) is 26.7 Å². The fourth-order valence-corrected chi connectivity index (χ4v) is 5.54. The Morgan fingerprint density at radius 2 is 1.71 bits per heavy atom. The van der Waals surface area contributed by atoms with E-state index in [0.717, 1.165) is 17.5 Å². The van der Waals surface area contributed by atoms with Crippen LogP contribution in [0, 0.1) is 5.92 Å². The molecule has 1 saturated heterocycles. The van der Waals surface area contributed by atoms with Crippen molar-refractivity contribution in [3.63, 3.8) is 0 Å². The van der Waals surface area contributed by atoms with E-state index < -0.39 is 22.4 Å². The molecular formula is C27H32N2O5S. The number of allylic oxidation sites excluding steroid dienone is 3. The standard InChI is InChI=1S/C27H32N2O5S/c1-28(27(30)26(22-13-7-3-8-14-22)23-15-9-4-10-16-23)25(21-11-5-2-6-12-21)20-29-18-17-24(19-29)34-35(31,32)33/h2-11,13-16,21,24-26H,12,17-20H2,1H3,(H,31,32,33)/t21?,24-,25-/m1/s1. The lowest BCUT2D eigenvalue weighted by Crippen LogP contribution is -2.50. The van der Waals surface area contributed by atoms with Gasteiger partial charge in [0.05, 0.1) is 18.1 Å². The fourth-order valence-electron chi connectivity index (χ4n) is 5.04. The zero-order valence-electron chi connectivity index (χ0n) is 19.8. The lowest BCUT2D eigenvalue weighted by Gasteiger charge is -2.38. The SMILES string of the molecule is CN(C(=O)C(c1ccccc1)c1ccccc1)[C@H](CN1CC[C@@H](OS(=O)(=O)O)C1)C1C=CC=CC1. The number of hydrogen-bond donors (Lipinski definition) is 1. The Bertz CT molecular complexity index is 1110. The lowest BCUT2D eigenvalue weighted by atomic mass is 9.87. The zero-order valence-corrected chi connectivity index (χ0v) is 20.6. The number of benzene rings is 2. The molecule has 4 rings (SSSR count). The van der Waals surface area contributed by atoms with Crippen LogP contribution in [-0.4, -0.2) is 67.5 Å². The molecule has 1 N–H and O–H groups in total. The number of nitrogens with zero attached hydrogens (tertiary/aromatic N) is 2. The number of amides is 1. The number of likely N-dealkylation sites (tertiary alicyclic amines) is 1. The Balaban J connectivity index is 1.58. The largest absolute Gasteiger partial charge is 0.397 e. The van der Waals surface area contributed by atoms with Crippen LogP contribution < -0.4 is 0 Å². The van der Waals surface area contributed by atoms with Crippen molar-refractivity contribution in [3.8, 4) is 0 Å². The summed E-state index contributed by atoms with van der Waals surface area (Å²) in [6, 6.07) is 19.5. The Morgan fingerprint density at radius 3 is 2.26 bits per heavy atom. The maximum atomic E-state index is 14.1. The van der Waals surface area contributed by atoms with Gasteiger partial charge in [-0.05, 0) is 24.0 Å². The van der Waals surface area contributed by atoms with Crippen LogP contribution in [-0.2, 0) is 19.4 Å². The van der Waals surface area contributed by atoms with Gasteiger partial charge in [-0.1, -0.05) is 85.0 Å². The third-order valence-corrected chi connectivity index (χ3v) is 7.31. The summed E-state index contributed by atoms with van der Waals surface area (Å²) in [5.74, 6) is -0.287. The summed E-state index contributed by atoms with van der Waals surface area (Å²) in [5.41, 5.74) is 1.88. The number of likely N-dealkylation sites (N-methyl/N-ethyl adjacent to an activating group) is 1. The van der Waals surface area contributed by atoms with Crippen molar-refractivity contribution >= 4 is 16.3 Å². The third kappa shape index (κ3) is 6.67. The first-order chi connectivity index (χ1) is 16.8. The highest BCUT2D eigenvalue weighted by Crippen LogP contribution is 2.30. The number of carbonyl (C=O) groups excluding carboxylic acids is 1. The molecular weight excluding hydrogens is 464 g/mol. The molecule has 0 saturated carbocycles. The Morgan fingerprint density at radius 1 is 1.09 bits per heavy atom. The molecule has 1 amide bonds. The second kappa shape index (κ2) is 11.3. The van der Waals surface area contributed by atoms with Crippen LogP contribution >= 0.6 is 0 Å². The fraction of sp³-hybridized carbons (Fsp3) is 0.370. The van der Waals surface area contributed by atoms with Crippen molar-refractivity contribution < 1.29 is 21.9 Å². The van der Waals surface area contributed by atoms with Gasteiger partial charge in [-0.3, -0.25) is 14.2 Å². The molecule has 1 aliphatic carbocycles. The van der Waals surface area contributed by atoms with Crippen LogP contribution in [0.15, 0.2) is 85.0 Å². The molecule has 8 heteroatoms. The van der Waals surface area contributed by atoms with Crippen LogP contribution in [0.25, 0.3) is 0 Å². The first-order valence-electron chi connectivity index (χ1n) is 11.9. The summed E-state index contributed by atoms with van der Waals surface area (Å²) >= 11 is 0. The van der Waals surface area contributed by atoms with Crippen LogP contribution in [0.3, 0.4) is 0 Å². The van der Waals surface area contributed by atoms with E-state index in [-0.39, 0.29) is 17.9 Å². The van der Waals surface area contributed by atoms with E-state index in [4.69, 9.17) is 8.74 Å². The zero-order chi connectivity index (χ0) is 24.8. The number of carbonyl (C=O) groups is 1. The predicted octanol–water partition coefficient (Wildman–Crippen LogP) is 3.67. The highest BCUT2D eigenvalue weighted by atomic mass is 32.3. The van der Waals surface area contributed by atoms with Crippen molar-refractivity contribution in [1.29, 1.82) is 0 Å². The third-order valence-electron chi connectivity index (χ3n) is 6.80. The van der Waals surface area contributed by atoms with Gasteiger partial charge in [0, 0.05) is 32.6 Å². The Kier molecular flexibility index (Phi) is 8.18. The highest BCUT2D eigenvalue weighted by molar-refractivity contribution is 7.80. The molecule has 2 aromatic carbocycles. The summed E-state index contributed by atoms with van der Waals surface area (Å²) in [6.07, 6.45) is 9.00. The van der Waals surface area contributed by atoms with Gasteiger partial charge in [-0.2, -0.15) is 8.42 Å². The molecule has 3 atom stereocenters. The molecule has 0 spiro atoms. The second-order valence-electron chi connectivity index (χ2n) is 9.18. The average molecular weight is 497 g/mol. The van der Waals surface area contributed by atoms with Crippen LogP contribution in [0.2, 0.25) is 0 Å². The molecule has 0 bridgehead atoms. The second-order valence-corrected chi connectivity index (χ2v) is 10.2. The Hall–Kier alpha value is -2.78. The minimum absolute atomic E-state index is 0.0142. The van der Waals surface area contributed by atoms with Gasteiger partial charge in [0.15, 0.2) is 0 Å². The van der Waals surface area contributed by atoms with Crippen LogP contribution in [0.4, 0.5) is 0 Å². The molecule has 0 radical (unpaired) electrons. The van der Waals surface area contributed by atoms with Crippen molar-refractivity contribution in [2.24, 2.45) is 5.92 Å². The molecule has 35 heavy (non-hydrogen) atoms. The van der Waals surface area contributed by atoms with Crippen molar-refractivity contribution in [3.05, 3.63) is 96.1 Å². The van der Waals surface area contributed by atoms with E-state index >= 15 is 0 Å². The highest BCUT2D eigenvalue weighted by Gasteiger charge is 2.36. The van der Waals surface area contributed by atoms with E-state index in [1.807, 2.05) is 84.8 Å². The maximum Gasteiger partial charge on any atom is 0.397 e. The first-order valence-corrected chi connectivity index (χ1v) is 13.3. The summed E-state index contributed by atoms with van der Waals surface area (Å²) in [6.45, 7) is 1.59. The smallest absolute Gasteiger partial charge is 0.340 e. The summed E-state index contributed by atoms with van der Waals surface area (Å²) in [4.78, 5) is 18.0.